The molecule has 134 valence electrons. The van der Waals surface area contributed by atoms with Crippen molar-refractivity contribution in [2.24, 2.45) is 0 Å². The molecule has 0 aliphatic rings. The SMILES string of the molecule is CCN(CC)c1ccc(C(O)C[n+]2csc(C(C)O)c2C)cc1.[Br-]. The van der Waals surface area contributed by atoms with Gasteiger partial charge in [-0.1, -0.05) is 23.5 Å². The van der Waals surface area contributed by atoms with Gasteiger partial charge in [-0.25, -0.2) is 0 Å². The van der Waals surface area contributed by atoms with Crippen LogP contribution in [0.3, 0.4) is 0 Å². The van der Waals surface area contributed by atoms with Crippen LogP contribution in [-0.2, 0) is 6.54 Å². The lowest BCUT2D eigenvalue weighted by Crippen LogP contribution is -3.00. The Morgan fingerprint density at radius 1 is 1.12 bits per heavy atom. The molecule has 2 unspecified atom stereocenters. The Morgan fingerprint density at radius 2 is 1.71 bits per heavy atom. The van der Waals surface area contributed by atoms with Crippen LogP contribution in [0, 0.1) is 6.92 Å². The summed E-state index contributed by atoms with van der Waals surface area (Å²) >= 11 is 1.53. The van der Waals surface area contributed by atoms with E-state index < -0.39 is 12.2 Å². The van der Waals surface area contributed by atoms with Crippen molar-refractivity contribution >= 4 is 17.0 Å². The molecule has 0 spiro atoms. The molecule has 1 aromatic carbocycles. The molecular formula is C18H27BrN2O2S. The highest BCUT2D eigenvalue weighted by Crippen LogP contribution is 2.22. The first-order valence-electron chi connectivity index (χ1n) is 8.16. The summed E-state index contributed by atoms with van der Waals surface area (Å²) < 4.78 is 2.01. The lowest BCUT2D eigenvalue weighted by molar-refractivity contribution is -0.706. The number of thiazole rings is 1. The van der Waals surface area contributed by atoms with E-state index in [0.29, 0.717) is 6.54 Å². The van der Waals surface area contributed by atoms with Crippen molar-refractivity contribution in [1.29, 1.82) is 0 Å². The molecule has 0 bridgehead atoms. The standard InChI is InChI=1S/C18H27N2O2S.BrH/c1-5-19(6-2)16-9-7-15(8-10-16)17(22)11-20-12-23-18(13(20)3)14(4)21;/h7-10,12,14,17,21-22H,5-6,11H2,1-4H3;1H/q+1;/p-1. The maximum Gasteiger partial charge on any atom is 0.225 e. The van der Waals surface area contributed by atoms with Gasteiger partial charge in [0.1, 0.15) is 11.0 Å². The average Bonchev–Trinajstić information content (AvgIpc) is 2.90. The van der Waals surface area contributed by atoms with Crippen LogP contribution >= 0.6 is 11.3 Å². The fourth-order valence-electron chi connectivity index (χ4n) is 2.79. The molecule has 0 aliphatic heterocycles. The van der Waals surface area contributed by atoms with Gasteiger partial charge in [0.2, 0.25) is 5.51 Å². The molecular weight excluding hydrogens is 388 g/mol. The van der Waals surface area contributed by atoms with Crippen molar-refractivity contribution in [1.82, 2.24) is 0 Å². The molecule has 6 heteroatoms. The fourth-order valence-corrected chi connectivity index (χ4v) is 3.76. The zero-order chi connectivity index (χ0) is 17.0. The molecule has 2 rings (SSSR count). The Labute approximate surface area is 159 Å². The first-order chi connectivity index (χ1) is 11.0. The minimum atomic E-state index is -0.555. The van der Waals surface area contributed by atoms with Crippen LogP contribution in [0.5, 0.6) is 0 Å². The number of anilines is 1. The van der Waals surface area contributed by atoms with Crippen LogP contribution in [0.1, 0.15) is 49.1 Å². The van der Waals surface area contributed by atoms with Crippen LogP contribution < -0.4 is 26.4 Å². The Balaban J connectivity index is 0.00000288. The highest BCUT2D eigenvalue weighted by molar-refractivity contribution is 7.09. The van der Waals surface area contributed by atoms with Gasteiger partial charge in [0.05, 0.1) is 6.10 Å². The topological polar surface area (TPSA) is 47.6 Å². The van der Waals surface area contributed by atoms with Crippen molar-refractivity contribution in [3.05, 3.63) is 45.9 Å². The summed E-state index contributed by atoms with van der Waals surface area (Å²) in [5.74, 6) is 0. The van der Waals surface area contributed by atoms with Crippen molar-refractivity contribution in [2.75, 3.05) is 18.0 Å². The lowest BCUT2D eigenvalue weighted by Gasteiger charge is -2.21. The highest BCUT2D eigenvalue weighted by Gasteiger charge is 2.22. The quantitative estimate of drug-likeness (QED) is 0.626. The van der Waals surface area contributed by atoms with E-state index in [1.54, 1.807) is 6.92 Å². The van der Waals surface area contributed by atoms with E-state index in [-0.39, 0.29) is 17.0 Å². The van der Waals surface area contributed by atoms with Gasteiger partial charge in [-0.15, -0.1) is 0 Å². The van der Waals surface area contributed by atoms with Gasteiger partial charge in [-0.05, 0) is 38.5 Å². The van der Waals surface area contributed by atoms with Crippen molar-refractivity contribution in [3.63, 3.8) is 0 Å². The molecule has 24 heavy (non-hydrogen) atoms. The smallest absolute Gasteiger partial charge is 0.225 e. The van der Waals surface area contributed by atoms with Crippen molar-refractivity contribution in [2.45, 2.75) is 46.4 Å². The van der Waals surface area contributed by atoms with Gasteiger partial charge in [0.25, 0.3) is 0 Å². The molecule has 0 saturated heterocycles. The van der Waals surface area contributed by atoms with E-state index in [9.17, 15) is 10.2 Å². The molecule has 0 saturated carbocycles. The second-order valence-electron chi connectivity index (χ2n) is 5.78. The van der Waals surface area contributed by atoms with E-state index >= 15 is 0 Å². The van der Waals surface area contributed by atoms with E-state index in [1.807, 2.05) is 29.1 Å². The Hall–Kier alpha value is -0.950. The number of aromatic nitrogens is 1. The first-order valence-corrected chi connectivity index (χ1v) is 9.04. The lowest BCUT2D eigenvalue weighted by atomic mass is 10.1. The van der Waals surface area contributed by atoms with Crippen LogP contribution in [-0.4, -0.2) is 23.3 Å². The molecule has 1 heterocycles. The minimum absolute atomic E-state index is 0. The monoisotopic (exact) mass is 414 g/mol. The largest absolute Gasteiger partial charge is 1.00 e. The molecule has 4 nitrogen and oxygen atoms in total. The van der Waals surface area contributed by atoms with Gasteiger partial charge < -0.3 is 32.1 Å². The predicted octanol–water partition coefficient (Wildman–Crippen LogP) is -0.0189. The van der Waals surface area contributed by atoms with E-state index in [1.165, 1.54) is 17.0 Å². The second kappa shape index (κ2) is 9.51. The van der Waals surface area contributed by atoms with Crippen LogP contribution in [0.2, 0.25) is 0 Å². The average molecular weight is 415 g/mol. The maximum absolute atomic E-state index is 10.5. The minimum Gasteiger partial charge on any atom is -1.00 e. The normalized spacial score (nSPS) is 13.2. The van der Waals surface area contributed by atoms with E-state index in [4.69, 9.17) is 0 Å². The van der Waals surface area contributed by atoms with Crippen LogP contribution in [0.15, 0.2) is 29.8 Å². The molecule has 0 radical (unpaired) electrons. The molecule has 0 aliphatic carbocycles. The summed E-state index contributed by atoms with van der Waals surface area (Å²) in [6.45, 7) is 10.5. The summed E-state index contributed by atoms with van der Waals surface area (Å²) in [5, 5.41) is 20.2. The zero-order valence-electron chi connectivity index (χ0n) is 14.7. The molecule has 2 aromatic rings. The number of aliphatic hydroxyl groups is 2. The number of hydrogen-bond acceptors (Lipinski definition) is 4. The fraction of sp³-hybridized carbons (Fsp3) is 0.500. The molecule has 2 atom stereocenters. The number of aliphatic hydroxyl groups excluding tert-OH is 2. The second-order valence-corrected chi connectivity index (χ2v) is 6.67. The number of nitrogens with zero attached hydrogens (tertiary/aromatic N) is 2. The molecule has 0 amide bonds. The number of halogens is 1. The third-order valence-corrected chi connectivity index (χ3v) is 5.50. The summed E-state index contributed by atoms with van der Waals surface area (Å²) in [4.78, 5) is 3.23. The van der Waals surface area contributed by atoms with Gasteiger partial charge in [0.15, 0.2) is 12.2 Å². The van der Waals surface area contributed by atoms with Gasteiger partial charge in [-0.2, -0.15) is 4.57 Å². The third kappa shape index (κ3) is 4.79. The van der Waals surface area contributed by atoms with Gasteiger partial charge in [0, 0.05) is 25.7 Å². The predicted molar refractivity (Wildman–Crippen MR) is 94.8 cm³/mol. The zero-order valence-corrected chi connectivity index (χ0v) is 17.1. The van der Waals surface area contributed by atoms with Crippen LogP contribution in [0.25, 0.3) is 0 Å². The summed E-state index contributed by atoms with van der Waals surface area (Å²) in [5.41, 5.74) is 5.08. The van der Waals surface area contributed by atoms with Gasteiger partial charge >= 0.3 is 0 Å². The van der Waals surface area contributed by atoms with E-state index in [0.717, 1.165) is 29.2 Å². The van der Waals surface area contributed by atoms with E-state index in [2.05, 4.69) is 30.9 Å². The first kappa shape index (κ1) is 21.1. The molecule has 1 aromatic heterocycles. The van der Waals surface area contributed by atoms with Crippen molar-refractivity contribution < 1.29 is 31.8 Å². The van der Waals surface area contributed by atoms with Crippen LogP contribution in [0.4, 0.5) is 5.69 Å². The summed E-state index contributed by atoms with van der Waals surface area (Å²) in [6.07, 6.45) is -1.02. The molecule has 0 fully saturated rings. The Kier molecular flexibility index (Phi) is 8.36. The third-order valence-electron chi connectivity index (χ3n) is 4.25. The summed E-state index contributed by atoms with van der Waals surface area (Å²) in [6, 6.07) is 8.13. The maximum atomic E-state index is 10.5. The number of rotatable bonds is 7. The molecule has 2 N–H and O–H groups in total. The van der Waals surface area contributed by atoms with Crippen molar-refractivity contribution in [3.8, 4) is 0 Å². The Bertz CT molecular complexity index is 624. The Morgan fingerprint density at radius 3 is 2.17 bits per heavy atom. The number of hydrogen-bond donors (Lipinski definition) is 2. The highest BCUT2D eigenvalue weighted by atomic mass is 79.9. The summed E-state index contributed by atoms with van der Waals surface area (Å²) in [7, 11) is 0. The van der Waals surface area contributed by atoms with Gasteiger partial charge in [-0.3, -0.25) is 0 Å². The number of benzene rings is 1.